The van der Waals surface area contributed by atoms with E-state index in [2.05, 4.69) is 54.6 Å². The third kappa shape index (κ3) is 8.55. The number of benzene rings is 1. The Kier molecular flexibility index (Phi) is 11.0. The number of ether oxygens (including phenoxy) is 2. The highest BCUT2D eigenvalue weighted by Gasteiger charge is 2.47. The summed E-state index contributed by atoms with van der Waals surface area (Å²) in [5.74, 6) is 0.488. The first kappa shape index (κ1) is 24.7. The van der Waals surface area contributed by atoms with Crippen molar-refractivity contribution in [1.29, 1.82) is 0 Å². The molecule has 1 aromatic carbocycles. The van der Waals surface area contributed by atoms with Gasteiger partial charge in [0.05, 0.1) is 18.8 Å². The number of rotatable bonds is 16. The van der Waals surface area contributed by atoms with Crippen molar-refractivity contribution in [2.75, 3.05) is 13.2 Å². The summed E-state index contributed by atoms with van der Waals surface area (Å²) in [7, 11) is 0. The fourth-order valence-corrected chi connectivity index (χ4v) is 5.12. The molecule has 2 saturated heterocycles. The summed E-state index contributed by atoms with van der Waals surface area (Å²) in [6.07, 6.45) is 20.5. The molecule has 3 rings (SSSR count). The van der Waals surface area contributed by atoms with Crippen molar-refractivity contribution in [3.63, 3.8) is 0 Å². The topological polar surface area (TPSA) is 55.8 Å². The Hall–Kier alpha value is -1.91. The normalized spacial score (nSPS) is 24.8. The number of aliphatic carboxylic acids is 1. The summed E-state index contributed by atoms with van der Waals surface area (Å²) >= 11 is 0. The van der Waals surface area contributed by atoms with Crippen molar-refractivity contribution >= 4 is 5.97 Å². The molecule has 2 aliphatic rings. The highest BCUT2D eigenvalue weighted by atomic mass is 16.5. The first-order valence-electron chi connectivity index (χ1n) is 12.5. The molecule has 32 heavy (non-hydrogen) atoms. The van der Waals surface area contributed by atoms with Crippen LogP contribution in [0.5, 0.6) is 0 Å². The van der Waals surface area contributed by atoms with E-state index < -0.39 is 5.97 Å². The number of aryl methyl sites for hydroxylation is 1. The van der Waals surface area contributed by atoms with Crippen LogP contribution in [0.4, 0.5) is 0 Å². The summed E-state index contributed by atoms with van der Waals surface area (Å²) in [6, 6.07) is 10.7. The molecule has 4 atom stereocenters. The molecule has 2 aliphatic heterocycles. The lowest BCUT2D eigenvalue weighted by Gasteiger charge is -2.27. The fourth-order valence-electron chi connectivity index (χ4n) is 5.12. The molecule has 0 radical (unpaired) electrons. The molecule has 0 spiro atoms. The number of unbranched alkanes of at least 4 members (excludes halogenated alkanes) is 2. The Labute approximate surface area is 193 Å². The molecular formula is C28H40O4. The van der Waals surface area contributed by atoms with Gasteiger partial charge in [0.15, 0.2) is 0 Å². The maximum atomic E-state index is 10.6. The molecule has 176 valence electrons. The number of allylic oxidation sites excluding steroid dienone is 3. The van der Waals surface area contributed by atoms with E-state index in [1.165, 1.54) is 24.8 Å². The molecular weight excluding hydrogens is 400 g/mol. The van der Waals surface area contributed by atoms with Gasteiger partial charge in [-0.2, -0.15) is 0 Å². The van der Waals surface area contributed by atoms with Crippen molar-refractivity contribution in [2.24, 2.45) is 11.8 Å². The number of fused-ring (bicyclic) bond motifs is 2. The third-order valence-electron chi connectivity index (χ3n) is 6.80. The van der Waals surface area contributed by atoms with Gasteiger partial charge < -0.3 is 14.6 Å². The molecule has 4 nitrogen and oxygen atoms in total. The van der Waals surface area contributed by atoms with Gasteiger partial charge in [-0.3, -0.25) is 4.79 Å². The number of hydrogen-bond donors (Lipinski definition) is 1. The van der Waals surface area contributed by atoms with Crippen molar-refractivity contribution in [3.8, 4) is 0 Å². The van der Waals surface area contributed by atoms with Crippen LogP contribution in [0.25, 0.3) is 0 Å². The van der Waals surface area contributed by atoms with E-state index in [0.29, 0.717) is 24.0 Å². The lowest BCUT2D eigenvalue weighted by molar-refractivity contribution is -0.137. The van der Waals surface area contributed by atoms with Crippen LogP contribution in [-0.4, -0.2) is 36.5 Å². The first-order valence-corrected chi connectivity index (χ1v) is 12.5. The van der Waals surface area contributed by atoms with E-state index in [-0.39, 0.29) is 6.42 Å². The van der Waals surface area contributed by atoms with Gasteiger partial charge in [0.1, 0.15) is 0 Å². The van der Waals surface area contributed by atoms with Gasteiger partial charge in [-0.25, -0.2) is 0 Å². The van der Waals surface area contributed by atoms with Gasteiger partial charge in [-0.1, -0.05) is 54.6 Å². The standard InChI is InChI=1S/C28H40O4/c29-28(30)17-11-4-3-10-16-24-25(27-19-18-26(24)32-27)20-22-31-21-12-5-1-2-7-13-23-14-8-6-9-15-23/h1,3,5-6,8-10,14-15,24-27H,2,4,7,11-13,16-22H2,(H,29,30)/b5-1-,10-3-/t24-,25+,26-,27+/m1/s1. The van der Waals surface area contributed by atoms with Crippen molar-refractivity contribution in [2.45, 2.75) is 82.8 Å². The molecule has 0 unspecified atom stereocenters. The van der Waals surface area contributed by atoms with Crippen LogP contribution < -0.4 is 0 Å². The quantitative estimate of drug-likeness (QED) is 0.240. The second-order valence-electron chi connectivity index (χ2n) is 9.15. The molecule has 0 amide bonds. The van der Waals surface area contributed by atoms with E-state index in [0.717, 1.165) is 58.2 Å². The molecule has 2 heterocycles. The monoisotopic (exact) mass is 440 g/mol. The summed E-state index contributed by atoms with van der Waals surface area (Å²) in [6.45, 7) is 1.61. The Bertz CT molecular complexity index is 711. The van der Waals surface area contributed by atoms with E-state index in [1.54, 1.807) is 0 Å². The summed E-state index contributed by atoms with van der Waals surface area (Å²) in [5.41, 5.74) is 1.42. The number of carboxylic acid groups (broad SMARTS) is 1. The van der Waals surface area contributed by atoms with Crippen LogP contribution in [-0.2, 0) is 20.7 Å². The second-order valence-corrected chi connectivity index (χ2v) is 9.15. The Morgan fingerprint density at radius 1 is 0.938 bits per heavy atom. The van der Waals surface area contributed by atoms with E-state index in [1.807, 2.05) is 0 Å². The van der Waals surface area contributed by atoms with Gasteiger partial charge >= 0.3 is 5.97 Å². The number of carbonyl (C=O) groups is 1. The molecule has 0 saturated carbocycles. The van der Waals surface area contributed by atoms with Gasteiger partial charge in [0.2, 0.25) is 0 Å². The third-order valence-corrected chi connectivity index (χ3v) is 6.80. The lowest BCUT2D eigenvalue weighted by atomic mass is 9.76. The lowest BCUT2D eigenvalue weighted by Crippen LogP contribution is -2.28. The minimum absolute atomic E-state index is 0.254. The summed E-state index contributed by atoms with van der Waals surface area (Å²) < 4.78 is 12.1. The smallest absolute Gasteiger partial charge is 0.303 e. The molecule has 2 bridgehead atoms. The van der Waals surface area contributed by atoms with E-state index >= 15 is 0 Å². The van der Waals surface area contributed by atoms with Crippen LogP contribution in [0.3, 0.4) is 0 Å². The summed E-state index contributed by atoms with van der Waals surface area (Å²) in [4.78, 5) is 10.6. The predicted molar refractivity (Wildman–Crippen MR) is 129 cm³/mol. The molecule has 4 heteroatoms. The Morgan fingerprint density at radius 2 is 1.66 bits per heavy atom. The highest BCUT2D eigenvalue weighted by molar-refractivity contribution is 5.66. The first-order chi connectivity index (χ1) is 15.7. The fraction of sp³-hybridized carbons (Fsp3) is 0.607. The van der Waals surface area contributed by atoms with Gasteiger partial charge in [0, 0.05) is 13.0 Å². The Balaban J connectivity index is 1.23. The SMILES string of the molecule is O=C(O)CCC/C=C\C[C@@H]1[C@H](CCOCC/C=C\CCCc2ccccc2)[C@@H]2CC[C@H]1O2. The maximum Gasteiger partial charge on any atom is 0.303 e. The van der Waals surface area contributed by atoms with Crippen LogP contribution in [0.2, 0.25) is 0 Å². The van der Waals surface area contributed by atoms with Gasteiger partial charge in [-0.15, -0.1) is 0 Å². The molecule has 1 N–H and O–H groups in total. The highest BCUT2D eigenvalue weighted by Crippen LogP contribution is 2.46. The number of carboxylic acids is 1. The van der Waals surface area contributed by atoms with Crippen LogP contribution in [0.15, 0.2) is 54.6 Å². The second kappa shape index (κ2) is 14.3. The number of hydrogen-bond acceptors (Lipinski definition) is 3. The zero-order valence-corrected chi connectivity index (χ0v) is 19.4. The predicted octanol–water partition coefficient (Wildman–Crippen LogP) is 6.36. The molecule has 2 fully saturated rings. The molecule has 1 aromatic rings. The minimum Gasteiger partial charge on any atom is -0.481 e. The van der Waals surface area contributed by atoms with E-state index in [9.17, 15) is 4.79 Å². The van der Waals surface area contributed by atoms with Crippen LogP contribution in [0, 0.1) is 11.8 Å². The van der Waals surface area contributed by atoms with E-state index in [4.69, 9.17) is 14.6 Å². The largest absolute Gasteiger partial charge is 0.481 e. The Morgan fingerprint density at radius 3 is 2.47 bits per heavy atom. The zero-order chi connectivity index (χ0) is 22.4. The summed E-state index contributed by atoms with van der Waals surface area (Å²) in [5, 5.41) is 8.72. The average molecular weight is 441 g/mol. The van der Waals surface area contributed by atoms with Gasteiger partial charge in [-0.05, 0) is 81.6 Å². The van der Waals surface area contributed by atoms with Gasteiger partial charge in [0.25, 0.3) is 0 Å². The molecule has 0 aliphatic carbocycles. The maximum absolute atomic E-state index is 10.6. The zero-order valence-electron chi connectivity index (χ0n) is 19.4. The average Bonchev–Trinajstić information content (AvgIpc) is 3.40. The van der Waals surface area contributed by atoms with Crippen LogP contribution >= 0.6 is 0 Å². The minimum atomic E-state index is -0.710. The molecule has 0 aromatic heterocycles. The van der Waals surface area contributed by atoms with Crippen molar-refractivity contribution < 1.29 is 19.4 Å². The van der Waals surface area contributed by atoms with Crippen LogP contribution in [0.1, 0.15) is 69.8 Å². The van der Waals surface area contributed by atoms with Crippen molar-refractivity contribution in [3.05, 3.63) is 60.2 Å². The van der Waals surface area contributed by atoms with Crippen molar-refractivity contribution in [1.82, 2.24) is 0 Å².